The molecule has 1 N–H and O–H groups in total. The lowest BCUT2D eigenvalue weighted by atomic mass is 10.1. The minimum atomic E-state index is -0.220. The van der Waals surface area contributed by atoms with Gasteiger partial charge in [-0.05, 0) is 50.1 Å². The first kappa shape index (κ1) is 20.9. The Labute approximate surface area is 182 Å². The lowest BCUT2D eigenvalue weighted by Crippen LogP contribution is -2.34. The van der Waals surface area contributed by atoms with Crippen LogP contribution in [0.2, 0.25) is 0 Å². The summed E-state index contributed by atoms with van der Waals surface area (Å²) in [6.07, 6.45) is 6.21. The van der Waals surface area contributed by atoms with E-state index in [9.17, 15) is 9.59 Å². The second kappa shape index (κ2) is 9.64. The molecule has 3 aromatic rings. The number of benzene rings is 2. The lowest BCUT2D eigenvalue weighted by molar-refractivity contribution is -0.131. The van der Waals surface area contributed by atoms with E-state index in [1.807, 2.05) is 42.2 Å². The van der Waals surface area contributed by atoms with Gasteiger partial charge in [-0.2, -0.15) is 5.10 Å². The first-order chi connectivity index (χ1) is 15.2. The Morgan fingerprint density at radius 3 is 2.61 bits per heavy atom. The molecule has 7 heteroatoms. The summed E-state index contributed by atoms with van der Waals surface area (Å²) < 4.78 is 7.30. The fraction of sp³-hybridized carbons (Fsp3) is 0.375. The first-order valence-electron chi connectivity index (χ1n) is 10.9. The largest absolute Gasteiger partial charge is 0.492 e. The summed E-state index contributed by atoms with van der Waals surface area (Å²) in [6, 6.07) is 12.8. The molecule has 0 aliphatic carbocycles. The summed E-state index contributed by atoms with van der Waals surface area (Å²) in [5, 5.41) is 8.13. The third-order valence-electron chi connectivity index (χ3n) is 5.58. The molecule has 1 aromatic heterocycles. The summed E-state index contributed by atoms with van der Waals surface area (Å²) >= 11 is 0. The van der Waals surface area contributed by atoms with E-state index in [4.69, 9.17) is 4.74 Å². The zero-order chi connectivity index (χ0) is 21.6. The molecule has 1 aliphatic rings. The van der Waals surface area contributed by atoms with Gasteiger partial charge in [0.15, 0.2) is 0 Å². The van der Waals surface area contributed by atoms with Gasteiger partial charge in [0.1, 0.15) is 12.3 Å². The molecule has 2 amide bonds. The van der Waals surface area contributed by atoms with Gasteiger partial charge in [-0.25, -0.2) is 0 Å². The number of carbonyl (C=O) groups excluding carboxylic acids is 2. The van der Waals surface area contributed by atoms with E-state index in [1.165, 1.54) is 12.8 Å². The molecule has 0 radical (unpaired) electrons. The molecule has 31 heavy (non-hydrogen) atoms. The topological polar surface area (TPSA) is 76.5 Å². The minimum Gasteiger partial charge on any atom is -0.492 e. The van der Waals surface area contributed by atoms with E-state index in [1.54, 1.807) is 23.0 Å². The summed E-state index contributed by atoms with van der Waals surface area (Å²) in [4.78, 5) is 27.4. The van der Waals surface area contributed by atoms with Crippen molar-refractivity contribution >= 4 is 28.4 Å². The van der Waals surface area contributed by atoms with Crippen LogP contribution in [0.4, 0.5) is 5.69 Å². The number of anilines is 1. The van der Waals surface area contributed by atoms with E-state index in [2.05, 4.69) is 10.4 Å². The molecule has 2 aromatic carbocycles. The van der Waals surface area contributed by atoms with Crippen LogP contribution in [0.1, 0.15) is 43.0 Å². The van der Waals surface area contributed by atoms with Gasteiger partial charge < -0.3 is 15.0 Å². The Hall–Kier alpha value is -3.35. The average Bonchev–Trinajstić information content (AvgIpc) is 2.98. The third kappa shape index (κ3) is 4.87. The normalized spacial score (nSPS) is 14.3. The number of rotatable bonds is 6. The van der Waals surface area contributed by atoms with E-state index in [-0.39, 0.29) is 18.4 Å². The van der Waals surface area contributed by atoms with E-state index >= 15 is 0 Å². The highest BCUT2D eigenvalue weighted by atomic mass is 16.5. The number of hydrogen-bond acceptors (Lipinski definition) is 4. The van der Waals surface area contributed by atoms with Gasteiger partial charge in [0.05, 0.1) is 24.0 Å². The molecule has 0 bridgehead atoms. The van der Waals surface area contributed by atoms with Crippen LogP contribution < -0.4 is 10.1 Å². The number of aromatic nitrogens is 2. The van der Waals surface area contributed by atoms with Gasteiger partial charge >= 0.3 is 0 Å². The molecule has 7 nitrogen and oxygen atoms in total. The number of amides is 2. The van der Waals surface area contributed by atoms with Crippen LogP contribution in [0.25, 0.3) is 10.9 Å². The fourth-order valence-electron chi connectivity index (χ4n) is 3.95. The van der Waals surface area contributed by atoms with Crippen molar-refractivity contribution in [3.63, 3.8) is 0 Å². The van der Waals surface area contributed by atoms with Crippen LogP contribution >= 0.6 is 0 Å². The number of carbonyl (C=O) groups is 2. The van der Waals surface area contributed by atoms with Crippen molar-refractivity contribution in [1.29, 1.82) is 0 Å². The van der Waals surface area contributed by atoms with Crippen LogP contribution in [0.15, 0.2) is 48.7 Å². The summed E-state index contributed by atoms with van der Waals surface area (Å²) in [6.45, 7) is 4.30. The molecule has 0 spiro atoms. The van der Waals surface area contributed by atoms with Gasteiger partial charge in [0.2, 0.25) is 5.91 Å². The Morgan fingerprint density at radius 1 is 1.06 bits per heavy atom. The molecule has 0 unspecified atom stereocenters. The van der Waals surface area contributed by atoms with Crippen molar-refractivity contribution in [3.8, 4) is 5.75 Å². The molecular formula is C24H28N4O3. The van der Waals surface area contributed by atoms with Crippen molar-refractivity contribution in [2.24, 2.45) is 0 Å². The maximum Gasteiger partial charge on any atom is 0.255 e. The maximum atomic E-state index is 12.8. The predicted octanol–water partition coefficient (Wildman–Crippen LogP) is 4.09. The number of likely N-dealkylation sites (tertiary alicyclic amines) is 1. The first-order valence-corrected chi connectivity index (χ1v) is 10.9. The highest BCUT2D eigenvalue weighted by Crippen LogP contribution is 2.25. The molecule has 1 aliphatic heterocycles. The maximum absolute atomic E-state index is 12.8. The zero-order valence-corrected chi connectivity index (χ0v) is 17.8. The van der Waals surface area contributed by atoms with E-state index in [0.29, 0.717) is 23.6 Å². The van der Waals surface area contributed by atoms with Crippen LogP contribution in [0, 0.1) is 0 Å². The zero-order valence-electron chi connectivity index (χ0n) is 17.8. The summed E-state index contributed by atoms with van der Waals surface area (Å²) in [7, 11) is 0. The van der Waals surface area contributed by atoms with E-state index in [0.717, 1.165) is 36.8 Å². The number of ether oxygens (including phenoxy) is 1. The molecular weight excluding hydrogens is 392 g/mol. The number of hydrogen-bond donors (Lipinski definition) is 1. The number of para-hydroxylation sites is 2. The standard InChI is InChI=1S/C24H28N4O3/c1-2-31-22-10-6-5-9-20(22)26-24(30)18-11-12-21-19(15-18)16-25-28(21)17-23(29)27-13-7-3-4-8-14-27/h5-6,9-12,15-16H,2-4,7-8,13-14,17H2,1H3,(H,26,30). The third-order valence-corrected chi connectivity index (χ3v) is 5.58. The van der Waals surface area contributed by atoms with E-state index < -0.39 is 0 Å². The molecule has 0 saturated carbocycles. The quantitative estimate of drug-likeness (QED) is 0.652. The van der Waals surface area contributed by atoms with Crippen LogP contribution in [0.3, 0.4) is 0 Å². The Balaban J connectivity index is 1.48. The van der Waals surface area contributed by atoms with Crippen molar-refractivity contribution in [3.05, 3.63) is 54.2 Å². The minimum absolute atomic E-state index is 0.0984. The second-order valence-corrected chi connectivity index (χ2v) is 7.75. The van der Waals surface area contributed by atoms with Gasteiger partial charge in [-0.1, -0.05) is 25.0 Å². The van der Waals surface area contributed by atoms with Crippen molar-refractivity contribution < 1.29 is 14.3 Å². The molecule has 2 heterocycles. The molecule has 162 valence electrons. The van der Waals surface area contributed by atoms with Gasteiger partial charge in [-0.15, -0.1) is 0 Å². The predicted molar refractivity (Wildman–Crippen MR) is 120 cm³/mol. The average molecular weight is 421 g/mol. The van der Waals surface area contributed by atoms with Gasteiger partial charge in [0, 0.05) is 24.0 Å². The van der Waals surface area contributed by atoms with Crippen molar-refractivity contribution in [2.75, 3.05) is 25.0 Å². The van der Waals surface area contributed by atoms with Gasteiger partial charge in [-0.3, -0.25) is 14.3 Å². The highest BCUT2D eigenvalue weighted by molar-refractivity contribution is 6.06. The highest BCUT2D eigenvalue weighted by Gasteiger charge is 2.18. The Kier molecular flexibility index (Phi) is 6.50. The molecule has 4 rings (SSSR count). The van der Waals surface area contributed by atoms with Crippen LogP contribution in [0.5, 0.6) is 5.75 Å². The fourth-order valence-corrected chi connectivity index (χ4v) is 3.95. The monoisotopic (exact) mass is 420 g/mol. The van der Waals surface area contributed by atoms with Crippen molar-refractivity contribution in [1.82, 2.24) is 14.7 Å². The smallest absolute Gasteiger partial charge is 0.255 e. The Morgan fingerprint density at radius 2 is 1.84 bits per heavy atom. The van der Waals surface area contributed by atoms with Gasteiger partial charge in [0.25, 0.3) is 5.91 Å². The number of fused-ring (bicyclic) bond motifs is 1. The number of nitrogens with one attached hydrogen (secondary N) is 1. The summed E-state index contributed by atoms with van der Waals surface area (Å²) in [5.74, 6) is 0.517. The molecule has 0 atom stereocenters. The lowest BCUT2D eigenvalue weighted by Gasteiger charge is -2.20. The number of nitrogens with zero attached hydrogens (tertiary/aromatic N) is 3. The van der Waals surface area contributed by atoms with Crippen LogP contribution in [-0.2, 0) is 11.3 Å². The molecule has 1 saturated heterocycles. The summed E-state index contributed by atoms with van der Waals surface area (Å²) in [5.41, 5.74) is 2.00. The molecule has 1 fully saturated rings. The van der Waals surface area contributed by atoms with Crippen LogP contribution in [-0.4, -0.2) is 46.2 Å². The Bertz CT molecular complexity index is 1070. The second-order valence-electron chi connectivity index (χ2n) is 7.75. The SMILES string of the molecule is CCOc1ccccc1NC(=O)c1ccc2c(cnn2CC(=O)N2CCCCCC2)c1. The van der Waals surface area contributed by atoms with Crippen molar-refractivity contribution in [2.45, 2.75) is 39.2 Å².